The lowest BCUT2D eigenvalue weighted by Crippen LogP contribution is -2.40. The summed E-state index contributed by atoms with van der Waals surface area (Å²) in [4.78, 5) is 47.1. The van der Waals surface area contributed by atoms with Crippen molar-refractivity contribution in [1.29, 1.82) is 0 Å². The van der Waals surface area contributed by atoms with Gasteiger partial charge in [-0.25, -0.2) is 14.6 Å². The van der Waals surface area contributed by atoms with Crippen LogP contribution in [0.15, 0.2) is 116 Å². The van der Waals surface area contributed by atoms with Gasteiger partial charge in [0, 0.05) is 42.9 Å². The molecule has 2 aromatic heterocycles. The van der Waals surface area contributed by atoms with E-state index in [1.807, 2.05) is 12.1 Å². The Morgan fingerprint density at radius 3 is 1.86 bits per heavy atom. The zero-order valence-corrected chi connectivity index (χ0v) is 34.0. The fraction of sp³-hybridized carbons (Fsp3) is 0.209. The number of aromatic nitrogens is 4. The molecule has 15 nitrogen and oxygen atoms in total. The number of nitrogens with zero attached hydrogens (tertiary/aromatic N) is 5. The molecule has 1 atom stereocenters. The molecule has 3 heterocycles. The minimum absolute atomic E-state index is 0.0270. The summed E-state index contributed by atoms with van der Waals surface area (Å²) in [6.45, 7) is 4.97. The number of anilines is 1. The third-order valence-corrected chi connectivity index (χ3v) is 9.82. The molecule has 1 saturated heterocycles. The summed E-state index contributed by atoms with van der Waals surface area (Å²) in [5.74, 6) is -1.92. The average molecular weight is 905 g/mol. The molecule has 3 amide bonds. The van der Waals surface area contributed by atoms with E-state index >= 15 is 0 Å². The average Bonchev–Trinajstić information content (AvgIpc) is 3.68. The highest BCUT2D eigenvalue weighted by atomic mass is 19.4. The molecule has 22 heteroatoms. The summed E-state index contributed by atoms with van der Waals surface area (Å²) in [7, 11) is -1.58. The summed E-state index contributed by atoms with van der Waals surface area (Å²) in [5.41, 5.74) is 9.96. The number of carbonyl (C=O) groups is 3. The maximum absolute atomic E-state index is 12.5. The van der Waals surface area contributed by atoms with Crippen molar-refractivity contribution in [2.45, 2.75) is 44.7 Å². The van der Waals surface area contributed by atoms with E-state index in [1.54, 1.807) is 33.8 Å². The Hall–Kier alpha value is -7.46. The number of nitrogens with one attached hydrogen (secondary N) is 2. The highest BCUT2D eigenvalue weighted by Gasteiger charge is 2.32. The monoisotopic (exact) mass is 904 g/mol. The predicted molar refractivity (Wildman–Crippen MR) is 225 cm³/mol. The molecule has 1 fully saturated rings. The Bertz CT molecular complexity index is 2650. The van der Waals surface area contributed by atoms with Crippen LogP contribution in [0, 0.1) is 0 Å². The van der Waals surface area contributed by atoms with Gasteiger partial charge in [0.15, 0.2) is 5.65 Å². The van der Waals surface area contributed by atoms with Crippen molar-refractivity contribution in [2.75, 3.05) is 18.8 Å². The lowest BCUT2D eigenvalue weighted by atomic mass is 9.80. The van der Waals surface area contributed by atoms with Gasteiger partial charge in [-0.2, -0.15) is 5.10 Å². The fourth-order valence-electron chi connectivity index (χ4n) is 6.76. The van der Waals surface area contributed by atoms with Crippen molar-refractivity contribution in [1.82, 2.24) is 35.3 Å². The molecule has 0 unspecified atom stereocenters. The van der Waals surface area contributed by atoms with E-state index < -0.39 is 43.2 Å². The van der Waals surface area contributed by atoms with E-state index in [1.165, 1.54) is 48.8 Å². The summed E-state index contributed by atoms with van der Waals surface area (Å²) in [5, 5.41) is 28.7. The SMILES string of the molecule is C=CC(=O)N1CCC[C@@H](n2nc(-c3ccc(CNC(=O)c4cccc(OC(F)(F)F)c4)cc3)c3c(N)ncnc32)C1.O=C(NCc1ccc(B(O)O)cc1)c1cccc(OC(F)(F)F)c1. The maximum atomic E-state index is 12.5. The van der Waals surface area contributed by atoms with Crippen LogP contribution in [0.5, 0.6) is 11.5 Å². The van der Waals surface area contributed by atoms with Crippen molar-refractivity contribution < 1.29 is 60.2 Å². The van der Waals surface area contributed by atoms with Gasteiger partial charge in [0.05, 0.1) is 11.4 Å². The molecule has 0 bridgehead atoms. The van der Waals surface area contributed by atoms with Crippen molar-refractivity contribution in [3.63, 3.8) is 0 Å². The lowest BCUT2D eigenvalue weighted by Gasteiger charge is -2.32. The molecule has 0 spiro atoms. The first-order valence-corrected chi connectivity index (χ1v) is 19.6. The number of rotatable bonds is 12. The van der Waals surface area contributed by atoms with E-state index in [4.69, 9.17) is 20.9 Å². The molecule has 65 heavy (non-hydrogen) atoms. The van der Waals surface area contributed by atoms with Gasteiger partial charge in [0.1, 0.15) is 29.3 Å². The predicted octanol–water partition coefficient (Wildman–Crippen LogP) is 5.45. The summed E-state index contributed by atoms with van der Waals surface area (Å²) in [6.07, 6.45) is -5.37. The number of alkyl halides is 6. The van der Waals surface area contributed by atoms with Gasteiger partial charge in [-0.05, 0) is 71.9 Å². The number of nitrogens with two attached hydrogens (primary N) is 1. The quantitative estimate of drug-likeness (QED) is 0.0593. The number of nitrogen functional groups attached to an aromatic ring is 1. The van der Waals surface area contributed by atoms with E-state index in [9.17, 15) is 40.7 Å². The van der Waals surface area contributed by atoms with Gasteiger partial charge in [0.25, 0.3) is 11.8 Å². The van der Waals surface area contributed by atoms with E-state index in [0.29, 0.717) is 40.8 Å². The third-order valence-electron chi connectivity index (χ3n) is 9.82. The summed E-state index contributed by atoms with van der Waals surface area (Å²) >= 11 is 0. The zero-order valence-electron chi connectivity index (χ0n) is 34.0. The van der Waals surface area contributed by atoms with Crippen LogP contribution in [0.2, 0.25) is 0 Å². The van der Waals surface area contributed by atoms with Crippen LogP contribution >= 0.6 is 0 Å². The summed E-state index contributed by atoms with van der Waals surface area (Å²) in [6, 6.07) is 22.9. The molecule has 1 aliphatic rings. The number of benzene rings is 4. The third kappa shape index (κ3) is 12.8. The van der Waals surface area contributed by atoms with Gasteiger partial charge in [-0.3, -0.25) is 14.4 Å². The Morgan fingerprint density at radius 2 is 1.35 bits per heavy atom. The van der Waals surface area contributed by atoms with Crippen LogP contribution in [-0.4, -0.2) is 85.4 Å². The second kappa shape index (κ2) is 20.4. The number of carbonyl (C=O) groups excluding carboxylic acids is 3. The smallest absolute Gasteiger partial charge is 0.423 e. The van der Waals surface area contributed by atoms with Crippen molar-refractivity contribution >= 4 is 47.2 Å². The minimum Gasteiger partial charge on any atom is -0.423 e. The fourth-order valence-corrected chi connectivity index (χ4v) is 6.76. The molecular formula is C43H39BF6N8O7. The first-order valence-electron chi connectivity index (χ1n) is 19.6. The maximum Gasteiger partial charge on any atom is 0.573 e. The highest BCUT2D eigenvalue weighted by molar-refractivity contribution is 6.58. The number of ether oxygens (including phenoxy) is 2. The van der Waals surface area contributed by atoms with Gasteiger partial charge < -0.3 is 40.8 Å². The van der Waals surface area contributed by atoms with Crippen LogP contribution in [0.25, 0.3) is 22.3 Å². The summed E-state index contributed by atoms with van der Waals surface area (Å²) < 4.78 is 83.5. The molecule has 7 rings (SSSR count). The van der Waals surface area contributed by atoms with Crippen molar-refractivity contribution in [3.8, 4) is 22.8 Å². The number of hydrogen-bond donors (Lipinski definition) is 5. The van der Waals surface area contributed by atoms with Gasteiger partial charge in [-0.1, -0.05) is 67.2 Å². The molecule has 6 N–H and O–H groups in total. The molecule has 0 saturated carbocycles. The van der Waals surface area contributed by atoms with Crippen molar-refractivity contribution in [3.05, 3.63) is 138 Å². The molecule has 0 radical (unpaired) electrons. The molecule has 0 aliphatic carbocycles. The topological polar surface area (TPSA) is 207 Å². The molecular weight excluding hydrogens is 865 g/mol. The van der Waals surface area contributed by atoms with Gasteiger partial charge >= 0.3 is 19.8 Å². The standard InChI is InChI=1S/C28H26F3N7O3.C15H13BF3NO4/c1-2-22(39)37-12-4-6-20(15-37)38-26-23(25(32)34-16-35-26)24(36-38)18-10-8-17(9-11-18)14-33-27(40)19-5-3-7-21(13-19)41-28(29,30)31;17-15(18,19)24-13-3-1-2-11(8-13)14(21)20-9-10-4-6-12(7-5-10)16(22)23/h2-3,5,7-11,13,16,20H,1,4,6,12,14-15H2,(H,33,40)(H2,32,34,35);1-8,22-23H,9H2,(H,20,21)/t20-;/m1./s1. The normalized spacial score (nSPS) is 13.8. The zero-order chi connectivity index (χ0) is 46.9. The number of amides is 3. The van der Waals surface area contributed by atoms with Gasteiger partial charge in [-0.15, -0.1) is 26.3 Å². The largest absolute Gasteiger partial charge is 0.573 e. The van der Waals surface area contributed by atoms with Crippen LogP contribution < -0.4 is 31.3 Å². The number of piperidine rings is 1. The number of hydrogen-bond acceptors (Lipinski definition) is 11. The number of fused-ring (bicyclic) bond motifs is 1. The molecule has 4 aromatic carbocycles. The number of likely N-dealkylation sites (tertiary alicyclic amines) is 1. The second-order valence-electron chi connectivity index (χ2n) is 14.4. The molecule has 338 valence electrons. The molecule has 1 aliphatic heterocycles. The first kappa shape index (κ1) is 47.0. The van der Waals surface area contributed by atoms with Crippen LogP contribution in [0.1, 0.15) is 50.7 Å². The van der Waals surface area contributed by atoms with Crippen LogP contribution in [0.3, 0.4) is 0 Å². The van der Waals surface area contributed by atoms with E-state index in [-0.39, 0.29) is 42.0 Å². The number of halogens is 6. The van der Waals surface area contributed by atoms with Crippen LogP contribution in [-0.2, 0) is 17.9 Å². The van der Waals surface area contributed by atoms with Crippen molar-refractivity contribution in [2.24, 2.45) is 0 Å². The van der Waals surface area contributed by atoms with Crippen LogP contribution in [0.4, 0.5) is 32.2 Å². The Morgan fingerprint density at radius 1 is 0.815 bits per heavy atom. The highest BCUT2D eigenvalue weighted by Crippen LogP contribution is 2.34. The first-order chi connectivity index (χ1) is 30.9. The van der Waals surface area contributed by atoms with E-state index in [0.717, 1.165) is 48.2 Å². The minimum atomic E-state index is -4.85. The van der Waals surface area contributed by atoms with E-state index in [2.05, 4.69) is 36.7 Å². The Balaban J connectivity index is 0.000000248. The lowest BCUT2D eigenvalue weighted by molar-refractivity contribution is -0.275. The van der Waals surface area contributed by atoms with Gasteiger partial charge in [0.2, 0.25) is 5.91 Å². The second-order valence-corrected chi connectivity index (χ2v) is 14.4. The molecule has 6 aromatic rings. The Kier molecular flexibility index (Phi) is 14.7. The Labute approximate surface area is 366 Å².